The normalized spacial score (nSPS) is 14.1. The van der Waals surface area contributed by atoms with Gasteiger partial charge in [0.2, 0.25) is 0 Å². The molecular weight excluding hydrogens is 1400 g/mol. The highest BCUT2D eigenvalue weighted by molar-refractivity contribution is 7.47. The molecule has 0 saturated heterocycles. The summed E-state index contributed by atoms with van der Waals surface area (Å²) < 4.78 is 69.0. The monoisotopic (exact) mass is 1580 g/mol. The number of phosphoric acid groups is 2. The summed E-state index contributed by atoms with van der Waals surface area (Å²) >= 11 is 0. The van der Waals surface area contributed by atoms with Gasteiger partial charge in [-0.05, 0) is 43.4 Å². The fraction of sp³-hybridized carbons (Fsp3) is 0.955. The maximum Gasteiger partial charge on any atom is 0.472 e. The molecule has 0 fully saturated rings. The molecule has 0 heterocycles. The summed E-state index contributed by atoms with van der Waals surface area (Å²) in [5, 5.41) is 10.7. The maximum absolute atomic E-state index is 13.2. The molecule has 0 saturated carbocycles. The molecule has 0 aromatic heterocycles. The van der Waals surface area contributed by atoms with Crippen molar-refractivity contribution in [2.75, 3.05) is 39.6 Å². The molecule has 0 radical (unpaired) electrons. The maximum atomic E-state index is 13.2. The Morgan fingerprint density at radius 1 is 0.269 bits per heavy atom. The molecule has 19 heteroatoms. The van der Waals surface area contributed by atoms with Crippen molar-refractivity contribution in [3.05, 3.63) is 0 Å². The van der Waals surface area contributed by atoms with Crippen molar-refractivity contribution >= 4 is 39.5 Å². The number of carbonyl (C=O) groups excluding carboxylic acids is 4. The lowest BCUT2D eigenvalue weighted by Gasteiger charge is -2.21. The molecule has 642 valence electrons. The van der Waals surface area contributed by atoms with E-state index < -0.39 is 97.5 Å². The Hall–Kier alpha value is -1.94. The lowest BCUT2D eigenvalue weighted by Crippen LogP contribution is -2.30. The van der Waals surface area contributed by atoms with Gasteiger partial charge < -0.3 is 33.8 Å². The zero-order chi connectivity index (χ0) is 79.3. The first-order valence-corrected chi connectivity index (χ1v) is 48.9. The van der Waals surface area contributed by atoms with Gasteiger partial charge in [0.05, 0.1) is 26.4 Å². The summed E-state index contributed by atoms with van der Waals surface area (Å²) in [5.74, 6) is 0.280. The first-order valence-electron chi connectivity index (χ1n) is 45.9. The van der Waals surface area contributed by atoms with E-state index in [1.165, 1.54) is 283 Å². The van der Waals surface area contributed by atoms with Gasteiger partial charge >= 0.3 is 39.5 Å². The molecular formula is C89H174O17P2. The van der Waals surface area contributed by atoms with E-state index in [-0.39, 0.29) is 25.7 Å². The smallest absolute Gasteiger partial charge is 0.462 e. The number of aliphatic hydroxyl groups is 1. The van der Waals surface area contributed by atoms with Crippen LogP contribution >= 0.6 is 15.6 Å². The highest BCUT2D eigenvalue weighted by Crippen LogP contribution is 2.45. The average Bonchev–Trinajstić information content (AvgIpc) is 0.900. The van der Waals surface area contributed by atoms with Gasteiger partial charge in [0.25, 0.3) is 0 Å². The molecule has 0 aliphatic rings. The van der Waals surface area contributed by atoms with Gasteiger partial charge in [0.15, 0.2) is 12.2 Å². The Kier molecular flexibility index (Phi) is 77.5. The number of phosphoric ester groups is 2. The lowest BCUT2D eigenvalue weighted by atomic mass is 9.99. The summed E-state index contributed by atoms with van der Waals surface area (Å²) in [6.07, 6.45) is 70.8. The summed E-state index contributed by atoms with van der Waals surface area (Å²) in [6.45, 7) is 12.0. The standard InChI is InChI=1S/C89H174O17P2/c1-8-10-11-12-13-14-15-16-17-18-19-20-24-27-30-33-42-49-56-63-70-86(91)99-76-84(105-88(93)72-65-58-51-44-34-31-28-25-22-21-23-26-29-32-39-46-53-60-67-80(3)4)78-103-107(95,96)101-74-83(90)75-102-108(97,98)104-79-85(77-100-87(92)71-64-57-50-43-37-35-40-47-54-61-68-81(5)6)106-89(94)73-66-59-52-45-38-36-41-48-55-62-69-82(7)9-2/h80-85,90H,8-79H2,1-7H3,(H,95,96)(H,97,98)/t82?,83-,84-,85-/m1/s1. The van der Waals surface area contributed by atoms with Crippen LogP contribution in [-0.4, -0.2) is 96.7 Å². The van der Waals surface area contributed by atoms with Gasteiger partial charge in [-0.1, -0.05) is 421 Å². The molecule has 0 bridgehead atoms. The molecule has 0 spiro atoms. The molecule has 0 aromatic rings. The number of rotatable bonds is 87. The van der Waals surface area contributed by atoms with Crippen LogP contribution in [0.2, 0.25) is 0 Å². The predicted molar refractivity (Wildman–Crippen MR) is 446 cm³/mol. The van der Waals surface area contributed by atoms with Crippen LogP contribution in [0.4, 0.5) is 0 Å². The van der Waals surface area contributed by atoms with Crippen molar-refractivity contribution in [2.45, 2.75) is 491 Å². The van der Waals surface area contributed by atoms with E-state index >= 15 is 0 Å². The van der Waals surface area contributed by atoms with Crippen molar-refractivity contribution in [3.8, 4) is 0 Å². The molecule has 0 aromatic carbocycles. The van der Waals surface area contributed by atoms with Crippen molar-refractivity contribution in [1.29, 1.82) is 0 Å². The van der Waals surface area contributed by atoms with Crippen LogP contribution in [0.25, 0.3) is 0 Å². The van der Waals surface area contributed by atoms with Crippen molar-refractivity contribution in [2.24, 2.45) is 17.8 Å². The Morgan fingerprint density at radius 3 is 0.704 bits per heavy atom. The van der Waals surface area contributed by atoms with Crippen molar-refractivity contribution in [3.63, 3.8) is 0 Å². The van der Waals surface area contributed by atoms with Gasteiger partial charge in [-0.2, -0.15) is 0 Å². The molecule has 6 atom stereocenters. The molecule has 3 N–H and O–H groups in total. The third kappa shape index (κ3) is 80.7. The van der Waals surface area contributed by atoms with Crippen LogP contribution in [0.15, 0.2) is 0 Å². The van der Waals surface area contributed by atoms with Crippen LogP contribution in [0.1, 0.15) is 472 Å². The largest absolute Gasteiger partial charge is 0.472 e. The number of hydrogen-bond acceptors (Lipinski definition) is 15. The predicted octanol–water partition coefficient (Wildman–Crippen LogP) is 27.3. The minimum absolute atomic E-state index is 0.106. The van der Waals surface area contributed by atoms with Crippen molar-refractivity contribution in [1.82, 2.24) is 0 Å². The SMILES string of the molecule is CCCCCCCCCCCCCCCCCCCCCCC(=O)OC[C@H](COP(=O)(O)OC[C@@H](O)COP(=O)(O)OC[C@@H](COC(=O)CCCCCCCCCCCCC(C)C)OC(=O)CCCCCCCCCCCCC(C)CC)OC(=O)CCCCCCCCCCCCCCCCCCCCC(C)C. The summed E-state index contributed by atoms with van der Waals surface area (Å²) in [4.78, 5) is 73.4. The summed E-state index contributed by atoms with van der Waals surface area (Å²) in [7, 11) is -9.93. The summed E-state index contributed by atoms with van der Waals surface area (Å²) in [6, 6.07) is 0. The number of unbranched alkanes of at least 4 members (excludes halogenated alkanes) is 54. The Bertz CT molecular complexity index is 2080. The minimum atomic E-state index is -4.97. The molecule has 0 amide bonds. The molecule has 0 rings (SSSR count). The molecule has 3 unspecified atom stereocenters. The topological polar surface area (TPSA) is 237 Å². The highest BCUT2D eigenvalue weighted by atomic mass is 31.2. The van der Waals surface area contributed by atoms with Gasteiger partial charge in [0.1, 0.15) is 19.3 Å². The van der Waals surface area contributed by atoms with E-state index in [0.29, 0.717) is 25.7 Å². The summed E-state index contributed by atoms with van der Waals surface area (Å²) in [5.41, 5.74) is 0. The molecule has 0 aliphatic carbocycles. The third-order valence-electron chi connectivity index (χ3n) is 21.2. The number of esters is 4. The number of carbonyl (C=O) groups is 4. The zero-order valence-corrected chi connectivity index (χ0v) is 73.1. The Balaban J connectivity index is 5.25. The van der Waals surface area contributed by atoms with Crippen LogP contribution < -0.4 is 0 Å². The Morgan fingerprint density at radius 2 is 0.472 bits per heavy atom. The van der Waals surface area contributed by atoms with E-state index in [4.69, 9.17) is 37.0 Å². The van der Waals surface area contributed by atoms with E-state index in [0.717, 1.165) is 108 Å². The van der Waals surface area contributed by atoms with E-state index in [9.17, 15) is 43.2 Å². The van der Waals surface area contributed by atoms with Crippen molar-refractivity contribution < 1.29 is 80.2 Å². The van der Waals surface area contributed by atoms with Gasteiger partial charge in [-0.3, -0.25) is 37.3 Å². The van der Waals surface area contributed by atoms with E-state index in [1.54, 1.807) is 0 Å². The van der Waals surface area contributed by atoms with Crippen LogP contribution in [0, 0.1) is 17.8 Å². The molecule has 0 aliphatic heterocycles. The fourth-order valence-corrected chi connectivity index (χ4v) is 15.4. The van der Waals surface area contributed by atoms with Crippen LogP contribution in [0.5, 0.6) is 0 Å². The van der Waals surface area contributed by atoms with E-state index in [1.807, 2.05) is 0 Å². The van der Waals surface area contributed by atoms with Crippen LogP contribution in [-0.2, 0) is 65.4 Å². The molecule has 108 heavy (non-hydrogen) atoms. The third-order valence-corrected chi connectivity index (χ3v) is 23.1. The minimum Gasteiger partial charge on any atom is -0.462 e. The first-order chi connectivity index (χ1) is 52.3. The average molecular weight is 1580 g/mol. The van der Waals surface area contributed by atoms with Gasteiger partial charge in [0, 0.05) is 25.7 Å². The first kappa shape index (κ1) is 106. The van der Waals surface area contributed by atoms with Crippen LogP contribution in [0.3, 0.4) is 0 Å². The van der Waals surface area contributed by atoms with Gasteiger partial charge in [-0.25, -0.2) is 9.13 Å². The number of aliphatic hydroxyl groups excluding tert-OH is 1. The lowest BCUT2D eigenvalue weighted by molar-refractivity contribution is -0.161. The Labute approximate surface area is 664 Å². The molecule has 17 nitrogen and oxygen atoms in total. The number of hydrogen-bond donors (Lipinski definition) is 3. The highest BCUT2D eigenvalue weighted by Gasteiger charge is 2.31. The second kappa shape index (κ2) is 78.9. The zero-order valence-electron chi connectivity index (χ0n) is 71.3. The fourth-order valence-electron chi connectivity index (χ4n) is 13.9. The van der Waals surface area contributed by atoms with E-state index in [2.05, 4.69) is 48.5 Å². The second-order valence-electron chi connectivity index (χ2n) is 33.2. The van der Waals surface area contributed by atoms with Gasteiger partial charge in [-0.15, -0.1) is 0 Å². The number of ether oxygens (including phenoxy) is 4. The quantitative estimate of drug-likeness (QED) is 0.0222. The second-order valence-corrected chi connectivity index (χ2v) is 36.1.